The van der Waals surface area contributed by atoms with Gasteiger partial charge in [-0.1, -0.05) is 65.5 Å². The van der Waals surface area contributed by atoms with Crippen molar-refractivity contribution in [3.8, 4) is 0 Å². The van der Waals surface area contributed by atoms with E-state index in [1.807, 2.05) is 21.1 Å². The summed E-state index contributed by atoms with van der Waals surface area (Å²) < 4.78 is 33.7. The molecule has 0 bridgehead atoms. The van der Waals surface area contributed by atoms with Crippen molar-refractivity contribution in [1.82, 2.24) is 0 Å². The van der Waals surface area contributed by atoms with Crippen molar-refractivity contribution in [3.63, 3.8) is 0 Å². The lowest BCUT2D eigenvalue weighted by Crippen LogP contribution is -2.51. The molecule has 0 saturated heterocycles. The molecule has 4 aliphatic carbocycles. The van der Waals surface area contributed by atoms with Gasteiger partial charge in [0, 0.05) is 12.8 Å². The monoisotopic (exact) mass is 671 g/mol. The second-order valence-corrected chi connectivity index (χ2v) is 18.3. The molecule has 268 valence electrons. The van der Waals surface area contributed by atoms with Gasteiger partial charge in [0.2, 0.25) is 0 Å². The molecule has 3 saturated carbocycles. The number of ether oxygens (including phenoxy) is 2. The van der Waals surface area contributed by atoms with Crippen LogP contribution in [-0.2, 0) is 23.1 Å². The number of allylic oxidation sites excluding steroid dienone is 1. The van der Waals surface area contributed by atoms with Crippen molar-refractivity contribution in [2.24, 2.45) is 46.3 Å². The number of quaternary nitrogens is 1. The summed E-state index contributed by atoms with van der Waals surface area (Å²) in [4.78, 5) is 22.3. The second kappa shape index (κ2) is 16.2. The predicted octanol–water partition coefficient (Wildman–Crippen LogP) is 8.60. The maximum Gasteiger partial charge on any atom is 0.508 e. The number of carbonyl (C=O) groups excluding carboxylic acids is 1. The van der Waals surface area contributed by atoms with Gasteiger partial charge < -0.3 is 24.3 Å². The van der Waals surface area contributed by atoms with E-state index >= 15 is 0 Å². The highest BCUT2D eigenvalue weighted by Crippen LogP contribution is 2.67. The summed E-state index contributed by atoms with van der Waals surface area (Å²) in [5, 5.41) is 0. The highest BCUT2D eigenvalue weighted by molar-refractivity contribution is 7.47. The molecule has 1 unspecified atom stereocenters. The van der Waals surface area contributed by atoms with E-state index in [1.165, 1.54) is 56.9 Å². The van der Waals surface area contributed by atoms with Crippen LogP contribution in [0.3, 0.4) is 0 Å². The van der Waals surface area contributed by atoms with Crippen LogP contribution in [0.2, 0.25) is 0 Å². The zero-order valence-corrected chi connectivity index (χ0v) is 31.1. The third-order valence-electron chi connectivity index (χ3n) is 12.3. The molecule has 0 aromatic rings. The van der Waals surface area contributed by atoms with Crippen LogP contribution >= 0.6 is 7.82 Å². The highest BCUT2D eigenvalue weighted by Gasteiger charge is 2.59. The van der Waals surface area contributed by atoms with Gasteiger partial charge in [0.15, 0.2) is 0 Å². The van der Waals surface area contributed by atoms with Gasteiger partial charge in [0.05, 0.1) is 34.4 Å². The van der Waals surface area contributed by atoms with Gasteiger partial charge in [0.1, 0.15) is 19.3 Å². The second-order valence-electron chi connectivity index (χ2n) is 16.9. The Hall–Kier alpha value is -0.960. The van der Waals surface area contributed by atoms with E-state index < -0.39 is 14.0 Å². The van der Waals surface area contributed by atoms with Gasteiger partial charge in [-0.2, -0.15) is 0 Å². The quantitative estimate of drug-likeness (QED) is 0.0604. The molecule has 2 N–H and O–H groups in total. The lowest BCUT2D eigenvalue weighted by atomic mass is 9.47. The minimum atomic E-state index is -4.12. The van der Waals surface area contributed by atoms with E-state index in [4.69, 9.17) is 18.5 Å². The third-order valence-corrected chi connectivity index (χ3v) is 13.3. The van der Waals surface area contributed by atoms with Gasteiger partial charge in [-0.3, -0.25) is 9.05 Å². The van der Waals surface area contributed by atoms with Gasteiger partial charge in [-0.25, -0.2) is 9.36 Å². The first-order valence-corrected chi connectivity index (χ1v) is 19.5. The van der Waals surface area contributed by atoms with Crippen LogP contribution in [0.25, 0.3) is 0 Å². The Morgan fingerprint density at radius 1 is 0.978 bits per heavy atom. The maximum absolute atomic E-state index is 12.5. The topological polar surface area (TPSA) is 121 Å². The number of phosphoric ester groups is 1. The Labute approximate surface area is 279 Å². The van der Waals surface area contributed by atoms with Crippen molar-refractivity contribution >= 4 is 14.0 Å². The third kappa shape index (κ3) is 9.81. The summed E-state index contributed by atoms with van der Waals surface area (Å²) in [6.45, 7) is 13.1. The van der Waals surface area contributed by atoms with Crippen LogP contribution in [0.4, 0.5) is 4.79 Å². The summed E-state index contributed by atoms with van der Waals surface area (Å²) in [5.41, 5.74) is 2.19. The first-order chi connectivity index (χ1) is 21.0. The SMILES string of the molecule is CC(C)CCC[C@@H](C)[C@H]1CC[C@H]2[C@@H]3CC=C4C[C@@H](OC(=O)OCCCOP(=O)(O)OCC[N+](C)(C)C)CC[C@]4(C)[C@H]3CC[C@]12C.[OH-]. The van der Waals surface area contributed by atoms with Gasteiger partial charge in [-0.15, -0.1) is 0 Å². The van der Waals surface area contributed by atoms with Crippen molar-refractivity contribution in [1.29, 1.82) is 0 Å². The van der Waals surface area contributed by atoms with Crippen molar-refractivity contribution < 1.29 is 42.7 Å². The molecule has 0 aliphatic heterocycles. The minimum Gasteiger partial charge on any atom is -0.870 e. The fourth-order valence-corrected chi connectivity index (χ4v) is 10.5. The number of hydrogen-bond acceptors (Lipinski definition) is 7. The summed E-state index contributed by atoms with van der Waals surface area (Å²) in [5.74, 6) is 4.86. The molecule has 9 nitrogen and oxygen atoms in total. The normalized spacial score (nSPS) is 34.3. The van der Waals surface area contributed by atoms with E-state index in [-0.39, 0.29) is 43.2 Å². The fourth-order valence-electron chi connectivity index (χ4n) is 9.78. The average Bonchev–Trinajstić information content (AvgIpc) is 3.29. The predicted molar refractivity (Wildman–Crippen MR) is 180 cm³/mol. The molecule has 10 heteroatoms. The maximum atomic E-state index is 12.5. The van der Waals surface area contributed by atoms with Gasteiger partial charge in [-0.05, 0) is 91.3 Å². The van der Waals surface area contributed by atoms with Crippen LogP contribution in [-0.4, -0.2) is 74.6 Å². The Morgan fingerprint density at radius 3 is 2.39 bits per heavy atom. The molecule has 0 radical (unpaired) electrons. The molecule has 46 heavy (non-hydrogen) atoms. The zero-order valence-electron chi connectivity index (χ0n) is 30.2. The molecule has 0 spiro atoms. The number of rotatable bonds is 15. The standard InChI is InChI=1S/C36H64NO7P.H2O/c1-26(2)11-9-12-27(3)31-15-16-32-30-14-13-28-25-29(17-19-35(28,4)33(30)18-20-36(31,32)5)44-34(38)41-22-10-23-42-45(39,40)43-24-21-37(6,7)8;/h13,26-27,29-33H,9-12,14-25H2,1-8H3;1H2/t27-,29+,30+,31-,32+,33+,35+,36-;/m1./s1. The lowest BCUT2D eigenvalue weighted by Gasteiger charge is -2.58. The molecular weight excluding hydrogens is 605 g/mol. The zero-order chi connectivity index (χ0) is 33.0. The van der Waals surface area contributed by atoms with Crippen molar-refractivity contribution in [3.05, 3.63) is 11.6 Å². The Balaban J connectivity index is 0.00000576. The number of phosphoric acid groups is 1. The molecule has 3 fully saturated rings. The van der Waals surface area contributed by atoms with E-state index in [2.05, 4.69) is 40.7 Å². The van der Waals surface area contributed by atoms with E-state index in [0.29, 0.717) is 16.4 Å². The van der Waals surface area contributed by atoms with Crippen molar-refractivity contribution in [2.45, 2.75) is 118 Å². The van der Waals surface area contributed by atoms with Crippen molar-refractivity contribution in [2.75, 3.05) is 47.5 Å². The van der Waals surface area contributed by atoms with E-state index in [1.54, 1.807) is 0 Å². The first kappa shape index (κ1) is 39.5. The number of fused-ring (bicyclic) bond motifs is 5. The van der Waals surface area contributed by atoms with E-state index in [9.17, 15) is 14.3 Å². The Bertz CT molecular complexity index is 1070. The van der Waals surface area contributed by atoms with Crippen LogP contribution in [0.15, 0.2) is 11.6 Å². The minimum absolute atomic E-state index is 0. The number of hydrogen-bond donors (Lipinski definition) is 1. The Morgan fingerprint density at radius 2 is 1.70 bits per heavy atom. The molecule has 0 aromatic carbocycles. The van der Waals surface area contributed by atoms with Gasteiger partial charge in [0.25, 0.3) is 0 Å². The van der Waals surface area contributed by atoms with Crippen LogP contribution < -0.4 is 0 Å². The number of nitrogens with zero attached hydrogens (tertiary/aromatic N) is 1. The fraction of sp³-hybridized carbons (Fsp3) is 0.917. The Kier molecular flexibility index (Phi) is 13.9. The summed E-state index contributed by atoms with van der Waals surface area (Å²) in [6, 6.07) is 0. The molecule has 9 atom stereocenters. The summed E-state index contributed by atoms with van der Waals surface area (Å²) in [7, 11) is 1.81. The average molecular weight is 672 g/mol. The van der Waals surface area contributed by atoms with Gasteiger partial charge >= 0.3 is 14.0 Å². The lowest BCUT2D eigenvalue weighted by molar-refractivity contribution is -0.870. The highest BCUT2D eigenvalue weighted by atomic mass is 31.2. The van der Waals surface area contributed by atoms with Crippen LogP contribution in [0.5, 0.6) is 0 Å². The number of likely N-dealkylation sites (N-methyl/N-ethyl adjacent to an activating group) is 1. The molecule has 0 aromatic heterocycles. The largest absolute Gasteiger partial charge is 0.870 e. The molecular formula is C36H66NO8P. The number of carbonyl (C=O) groups is 1. The summed E-state index contributed by atoms with van der Waals surface area (Å²) in [6.07, 6.45) is 15.5. The van der Waals surface area contributed by atoms with E-state index in [0.717, 1.165) is 54.8 Å². The van der Waals surface area contributed by atoms with Crippen LogP contribution in [0, 0.1) is 46.3 Å². The first-order valence-electron chi connectivity index (χ1n) is 18.0. The van der Waals surface area contributed by atoms with Crippen LogP contribution in [0.1, 0.15) is 112 Å². The molecule has 0 heterocycles. The smallest absolute Gasteiger partial charge is 0.508 e. The molecule has 0 amide bonds. The molecule has 4 aliphatic rings. The summed E-state index contributed by atoms with van der Waals surface area (Å²) >= 11 is 0. The molecule has 4 rings (SSSR count).